The van der Waals surface area contributed by atoms with Gasteiger partial charge in [-0.1, -0.05) is 36.9 Å². The molecule has 1 fully saturated rings. The zero-order valence-electron chi connectivity index (χ0n) is 15.9. The normalized spacial score (nSPS) is 17.0. The molecule has 1 aromatic heterocycles. The average Bonchev–Trinajstić information content (AvgIpc) is 3.12. The lowest BCUT2D eigenvalue weighted by molar-refractivity contribution is -0.122. The predicted octanol–water partition coefficient (Wildman–Crippen LogP) is 3.12. The molecule has 0 saturated carbocycles. The summed E-state index contributed by atoms with van der Waals surface area (Å²) >= 11 is 1.51. The van der Waals surface area contributed by atoms with Gasteiger partial charge in [0.15, 0.2) is 5.16 Å². The number of para-hydroxylation sites is 1. The van der Waals surface area contributed by atoms with Crippen molar-refractivity contribution in [1.82, 2.24) is 19.8 Å². The summed E-state index contributed by atoms with van der Waals surface area (Å²) in [6.07, 6.45) is 6.76. The van der Waals surface area contributed by atoms with Crippen molar-refractivity contribution in [2.45, 2.75) is 43.8 Å². The van der Waals surface area contributed by atoms with Gasteiger partial charge in [0.05, 0.1) is 6.20 Å². The lowest BCUT2D eigenvalue weighted by Crippen LogP contribution is -2.49. The number of amides is 2. The maximum absolute atomic E-state index is 13.2. The second-order valence-electron chi connectivity index (χ2n) is 6.71. The Morgan fingerprint density at radius 2 is 2.07 bits per heavy atom. The molecular formula is C20H26N4O2S. The van der Waals surface area contributed by atoms with Crippen LogP contribution in [0.3, 0.4) is 0 Å². The van der Waals surface area contributed by atoms with E-state index in [0.29, 0.717) is 25.2 Å². The topological polar surface area (TPSA) is 67.2 Å². The van der Waals surface area contributed by atoms with Crippen molar-refractivity contribution in [1.29, 1.82) is 0 Å². The summed E-state index contributed by atoms with van der Waals surface area (Å²) < 4.78 is 1.91. The molecule has 0 spiro atoms. The van der Waals surface area contributed by atoms with E-state index in [4.69, 9.17) is 0 Å². The first kappa shape index (κ1) is 19.5. The molecule has 0 radical (unpaired) electrons. The van der Waals surface area contributed by atoms with Gasteiger partial charge in [0.1, 0.15) is 5.69 Å². The van der Waals surface area contributed by atoms with Crippen LogP contribution >= 0.6 is 11.8 Å². The fraction of sp³-hybridized carbons (Fsp3) is 0.450. The molecular weight excluding hydrogens is 360 g/mol. The first-order valence-electron chi connectivity index (χ1n) is 9.39. The van der Waals surface area contributed by atoms with E-state index in [1.807, 2.05) is 53.0 Å². The SMILES string of the molecule is CCCC(=O)NC1CCCN(C(=O)c2cnc(SC)n2-c2ccccc2)C1. The Hall–Kier alpha value is -2.28. The van der Waals surface area contributed by atoms with Crippen molar-refractivity contribution in [3.8, 4) is 5.69 Å². The Kier molecular flexibility index (Phi) is 6.55. The van der Waals surface area contributed by atoms with Crippen LogP contribution in [0.4, 0.5) is 0 Å². The lowest BCUT2D eigenvalue weighted by Gasteiger charge is -2.33. The van der Waals surface area contributed by atoms with Crippen molar-refractivity contribution in [2.24, 2.45) is 0 Å². The van der Waals surface area contributed by atoms with Gasteiger partial charge in [0, 0.05) is 31.2 Å². The number of hydrogen-bond donors (Lipinski definition) is 1. The molecule has 3 rings (SSSR count). The zero-order valence-corrected chi connectivity index (χ0v) is 16.7. The summed E-state index contributed by atoms with van der Waals surface area (Å²) in [5, 5.41) is 3.85. The smallest absolute Gasteiger partial charge is 0.272 e. The molecule has 1 aliphatic rings. The van der Waals surface area contributed by atoms with E-state index in [0.717, 1.165) is 30.1 Å². The van der Waals surface area contributed by atoms with Crippen LogP contribution in [-0.4, -0.2) is 51.7 Å². The van der Waals surface area contributed by atoms with Crippen LogP contribution in [0.25, 0.3) is 5.69 Å². The summed E-state index contributed by atoms with van der Waals surface area (Å²) in [7, 11) is 0. The van der Waals surface area contributed by atoms with Gasteiger partial charge in [-0.2, -0.15) is 0 Å². The van der Waals surface area contributed by atoms with Crippen LogP contribution < -0.4 is 5.32 Å². The van der Waals surface area contributed by atoms with E-state index < -0.39 is 0 Å². The summed E-state index contributed by atoms with van der Waals surface area (Å²) in [6.45, 7) is 3.24. The molecule has 2 aromatic rings. The number of aromatic nitrogens is 2. The van der Waals surface area contributed by atoms with E-state index in [2.05, 4.69) is 10.3 Å². The van der Waals surface area contributed by atoms with Crippen LogP contribution in [0.15, 0.2) is 41.7 Å². The predicted molar refractivity (Wildman–Crippen MR) is 107 cm³/mol. The minimum absolute atomic E-state index is 0.0230. The zero-order chi connectivity index (χ0) is 19.2. The molecule has 1 unspecified atom stereocenters. The molecule has 0 bridgehead atoms. The number of imidazole rings is 1. The number of nitrogens with zero attached hydrogens (tertiary/aromatic N) is 3. The number of carbonyl (C=O) groups excluding carboxylic acids is 2. The maximum Gasteiger partial charge on any atom is 0.272 e. The number of piperidine rings is 1. The third kappa shape index (κ3) is 4.53. The van der Waals surface area contributed by atoms with E-state index >= 15 is 0 Å². The first-order chi connectivity index (χ1) is 13.1. The maximum atomic E-state index is 13.2. The number of carbonyl (C=O) groups is 2. The quantitative estimate of drug-likeness (QED) is 0.775. The molecule has 6 nitrogen and oxygen atoms in total. The number of nitrogens with one attached hydrogen (secondary N) is 1. The van der Waals surface area contributed by atoms with Gasteiger partial charge in [0.2, 0.25) is 5.91 Å². The summed E-state index contributed by atoms with van der Waals surface area (Å²) in [5.74, 6) is 0.0249. The second kappa shape index (κ2) is 9.08. The Balaban J connectivity index is 1.80. The Morgan fingerprint density at radius 3 is 2.78 bits per heavy atom. The minimum Gasteiger partial charge on any atom is -0.352 e. The van der Waals surface area contributed by atoms with Crippen molar-refractivity contribution < 1.29 is 9.59 Å². The monoisotopic (exact) mass is 386 g/mol. The van der Waals surface area contributed by atoms with E-state index in [-0.39, 0.29) is 17.9 Å². The largest absolute Gasteiger partial charge is 0.352 e. The number of rotatable bonds is 6. The third-order valence-electron chi connectivity index (χ3n) is 4.70. The Morgan fingerprint density at radius 1 is 1.30 bits per heavy atom. The van der Waals surface area contributed by atoms with Crippen molar-refractivity contribution >= 4 is 23.6 Å². The fourth-order valence-corrected chi connectivity index (χ4v) is 3.97. The van der Waals surface area contributed by atoms with Crippen molar-refractivity contribution in [2.75, 3.05) is 19.3 Å². The lowest BCUT2D eigenvalue weighted by atomic mass is 10.0. The molecule has 0 aliphatic carbocycles. The number of benzene rings is 1. The highest BCUT2D eigenvalue weighted by atomic mass is 32.2. The third-order valence-corrected chi connectivity index (χ3v) is 5.35. The fourth-order valence-electron chi connectivity index (χ4n) is 3.42. The molecule has 1 saturated heterocycles. The molecule has 2 heterocycles. The molecule has 144 valence electrons. The van der Waals surface area contributed by atoms with Gasteiger partial charge in [-0.15, -0.1) is 0 Å². The van der Waals surface area contributed by atoms with Crippen LogP contribution in [0.2, 0.25) is 0 Å². The highest BCUT2D eigenvalue weighted by molar-refractivity contribution is 7.98. The molecule has 1 aromatic carbocycles. The Labute approximate surface area is 164 Å². The molecule has 1 atom stereocenters. The van der Waals surface area contributed by atoms with Gasteiger partial charge in [-0.25, -0.2) is 4.98 Å². The first-order valence-corrected chi connectivity index (χ1v) is 10.6. The van der Waals surface area contributed by atoms with Gasteiger partial charge < -0.3 is 10.2 Å². The molecule has 2 amide bonds. The number of hydrogen-bond acceptors (Lipinski definition) is 4. The van der Waals surface area contributed by atoms with Crippen LogP contribution in [0.5, 0.6) is 0 Å². The van der Waals surface area contributed by atoms with Gasteiger partial charge in [-0.05, 0) is 37.7 Å². The summed E-state index contributed by atoms with van der Waals surface area (Å²) in [5.41, 5.74) is 1.48. The van der Waals surface area contributed by atoms with Gasteiger partial charge in [-0.3, -0.25) is 14.2 Å². The van der Waals surface area contributed by atoms with Crippen LogP contribution in [0.1, 0.15) is 43.1 Å². The van der Waals surface area contributed by atoms with Crippen molar-refractivity contribution in [3.63, 3.8) is 0 Å². The highest BCUT2D eigenvalue weighted by Crippen LogP contribution is 2.23. The number of likely N-dealkylation sites (tertiary alicyclic amines) is 1. The molecule has 1 aliphatic heterocycles. The standard InChI is InChI=1S/C20H26N4O2S/c1-3-8-18(25)22-15-9-7-12-23(14-15)19(26)17-13-21-20(27-2)24(17)16-10-5-4-6-11-16/h4-6,10-11,13,15H,3,7-9,12,14H2,1-2H3,(H,22,25). The minimum atomic E-state index is -0.0407. The molecule has 1 N–H and O–H groups in total. The van der Waals surface area contributed by atoms with Gasteiger partial charge in [0.25, 0.3) is 5.91 Å². The van der Waals surface area contributed by atoms with Crippen LogP contribution in [-0.2, 0) is 4.79 Å². The summed E-state index contributed by atoms with van der Waals surface area (Å²) in [6, 6.07) is 9.83. The highest BCUT2D eigenvalue weighted by Gasteiger charge is 2.28. The molecule has 27 heavy (non-hydrogen) atoms. The van der Waals surface area contributed by atoms with Crippen LogP contribution in [0, 0.1) is 0 Å². The number of thioether (sulfide) groups is 1. The summed E-state index contributed by atoms with van der Waals surface area (Å²) in [4.78, 5) is 31.4. The second-order valence-corrected chi connectivity index (χ2v) is 7.48. The van der Waals surface area contributed by atoms with E-state index in [9.17, 15) is 9.59 Å². The van der Waals surface area contributed by atoms with Crippen molar-refractivity contribution in [3.05, 3.63) is 42.2 Å². The Bertz CT molecular complexity index is 791. The molecule has 7 heteroatoms. The van der Waals surface area contributed by atoms with Gasteiger partial charge >= 0.3 is 0 Å². The average molecular weight is 387 g/mol. The van der Waals surface area contributed by atoms with E-state index in [1.165, 1.54) is 11.8 Å². The van der Waals surface area contributed by atoms with E-state index in [1.54, 1.807) is 6.20 Å².